The summed E-state index contributed by atoms with van der Waals surface area (Å²) in [4.78, 5) is 16.3. The fourth-order valence-corrected chi connectivity index (χ4v) is 3.30. The maximum atomic E-state index is 11.8. The fraction of sp³-hybridized carbons (Fsp3) is 0.250. The number of amides is 1. The summed E-state index contributed by atoms with van der Waals surface area (Å²) >= 11 is 1.51. The van der Waals surface area contributed by atoms with Crippen molar-refractivity contribution in [1.29, 1.82) is 0 Å². The van der Waals surface area contributed by atoms with Gasteiger partial charge < -0.3 is 9.88 Å². The molecular formula is C16H17N3OS. The highest BCUT2D eigenvalue weighted by Crippen LogP contribution is 2.30. The van der Waals surface area contributed by atoms with Crippen molar-refractivity contribution < 1.29 is 4.79 Å². The molecular weight excluding hydrogens is 282 g/mol. The van der Waals surface area contributed by atoms with Gasteiger partial charge in [-0.1, -0.05) is 18.2 Å². The van der Waals surface area contributed by atoms with Crippen LogP contribution in [0.1, 0.15) is 24.3 Å². The van der Waals surface area contributed by atoms with E-state index in [1.165, 1.54) is 22.2 Å². The number of nitrogens with one attached hydrogen (secondary N) is 1. The number of aromatic nitrogens is 2. The van der Waals surface area contributed by atoms with Crippen LogP contribution in [0.15, 0.2) is 35.7 Å². The molecule has 0 fully saturated rings. The minimum Gasteiger partial charge on any atom is -0.351 e. The molecule has 2 aromatic heterocycles. The Kier molecular flexibility index (Phi) is 3.75. The predicted molar refractivity (Wildman–Crippen MR) is 86.7 cm³/mol. The number of carbonyl (C=O) groups is 1. The molecule has 1 amide bonds. The molecule has 0 radical (unpaired) electrons. The molecule has 0 aliphatic carbocycles. The molecule has 0 saturated carbocycles. The average molecular weight is 299 g/mol. The largest absolute Gasteiger partial charge is 0.351 e. The van der Waals surface area contributed by atoms with Crippen molar-refractivity contribution in [3.63, 3.8) is 0 Å². The minimum absolute atomic E-state index is 0.112. The SMILES string of the molecule is CCNC(=O)c1csc(-c2cc3ccccc3n2CC)n1. The van der Waals surface area contributed by atoms with Crippen molar-refractivity contribution in [1.82, 2.24) is 14.9 Å². The molecule has 3 rings (SSSR count). The highest BCUT2D eigenvalue weighted by molar-refractivity contribution is 7.13. The third-order valence-corrected chi connectivity index (χ3v) is 4.28. The molecule has 2 heterocycles. The van der Waals surface area contributed by atoms with Gasteiger partial charge in [-0.25, -0.2) is 4.98 Å². The number of fused-ring (bicyclic) bond motifs is 1. The van der Waals surface area contributed by atoms with Crippen LogP contribution in [0, 0.1) is 0 Å². The molecule has 0 bridgehead atoms. The van der Waals surface area contributed by atoms with Crippen LogP contribution >= 0.6 is 11.3 Å². The summed E-state index contributed by atoms with van der Waals surface area (Å²) in [6.07, 6.45) is 0. The van der Waals surface area contributed by atoms with Crippen LogP contribution in [0.25, 0.3) is 21.6 Å². The molecule has 0 aliphatic heterocycles. The first kappa shape index (κ1) is 13.8. The Morgan fingerprint density at radius 2 is 2.14 bits per heavy atom. The molecule has 1 N–H and O–H groups in total. The van der Waals surface area contributed by atoms with Crippen LogP contribution < -0.4 is 5.32 Å². The lowest BCUT2D eigenvalue weighted by atomic mass is 10.2. The van der Waals surface area contributed by atoms with Gasteiger partial charge in [0.25, 0.3) is 5.91 Å². The molecule has 0 spiro atoms. The summed E-state index contributed by atoms with van der Waals surface area (Å²) in [6.45, 7) is 5.51. The summed E-state index contributed by atoms with van der Waals surface area (Å²) < 4.78 is 2.23. The summed E-state index contributed by atoms with van der Waals surface area (Å²) in [5, 5.41) is 6.68. The highest BCUT2D eigenvalue weighted by atomic mass is 32.1. The minimum atomic E-state index is -0.112. The van der Waals surface area contributed by atoms with Crippen molar-refractivity contribution in [3.05, 3.63) is 41.4 Å². The number of carbonyl (C=O) groups excluding carboxylic acids is 1. The van der Waals surface area contributed by atoms with E-state index in [0.29, 0.717) is 12.2 Å². The first-order chi connectivity index (χ1) is 10.2. The lowest BCUT2D eigenvalue weighted by Crippen LogP contribution is -2.22. The van der Waals surface area contributed by atoms with Crippen molar-refractivity contribution in [3.8, 4) is 10.7 Å². The molecule has 0 atom stereocenters. The molecule has 108 valence electrons. The van der Waals surface area contributed by atoms with Crippen LogP contribution in [0.2, 0.25) is 0 Å². The first-order valence-corrected chi connectivity index (χ1v) is 7.95. The highest BCUT2D eigenvalue weighted by Gasteiger charge is 2.15. The summed E-state index contributed by atoms with van der Waals surface area (Å²) in [5.41, 5.74) is 2.76. The van der Waals surface area contributed by atoms with Gasteiger partial charge in [0.05, 0.1) is 5.69 Å². The number of benzene rings is 1. The third-order valence-electron chi connectivity index (χ3n) is 3.42. The second-order valence-electron chi connectivity index (χ2n) is 4.73. The maximum absolute atomic E-state index is 11.8. The van der Waals surface area contributed by atoms with Gasteiger partial charge in [0, 0.05) is 29.4 Å². The Morgan fingerprint density at radius 3 is 2.90 bits per heavy atom. The smallest absolute Gasteiger partial charge is 0.270 e. The number of hydrogen-bond acceptors (Lipinski definition) is 3. The van der Waals surface area contributed by atoms with Crippen LogP contribution in [-0.4, -0.2) is 22.0 Å². The Bertz CT molecular complexity index is 788. The van der Waals surface area contributed by atoms with Crippen LogP contribution in [0.3, 0.4) is 0 Å². The van der Waals surface area contributed by atoms with Crippen LogP contribution in [0.5, 0.6) is 0 Å². The number of nitrogens with zero attached hydrogens (tertiary/aromatic N) is 2. The Hall–Kier alpha value is -2.14. The van der Waals surface area contributed by atoms with E-state index in [9.17, 15) is 4.79 Å². The van der Waals surface area contributed by atoms with Gasteiger partial charge in [-0.15, -0.1) is 11.3 Å². The topological polar surface area (TPSA) is 46.9 Å². The molecule has 0 unspecified atom stereocenters. The Morgan fingerprint density at radius 1 is 1.33 bits per heavy atom. The normalized spacial score (nSPS) is 11.0. The van der Waals surface area contributed by atoms with Gasteiger partial charge in [-0.05, 0) is 26.0 Å². The number of thiazole rings is 1. The van der Waals surface area contributed by atoms with Gasteiger partial charge in [0.1, 0.15) is 10.7 Å². The van der Waals surface area contributed by atoms with Gasteiger partial charge in [-0.3, -0.25) is 4.79 Å². The van der Waals surface area contributed by atoms with E-state index < -0.39 is 0 Å². The van der Waals surface area contributed by atoms with E-state index in [4.69, 9.17) is 0 Å². The predicted octanol–water partition coefficient (Wildman–Crippen LogP) is 3.53. The lowest BCUT2D eigenvalue weighted by Gasteiger charge is -2.05. The van der Waals surface area contributed by atoms with E-state index >= 15 is 0 Å². The molecule has 5 heteroatoms. The third kappa shape index (κ3) is 2.45. The van der Waals surface area contributed by atoms with Gasteiger partial charge in [-0.2, -0.15) is 0 Å². The van der Waals surface area contributed by atoms with Crippen molar-refractivity contribution in [2.45, 2.75) is 20.4 Å². The van der Waals surface area contributed by atoms with E-state index in [1.54, 1.807) is 0 Å². The second kappa shape index (κ2) is 5.69. The molecule has 21 heavy (non-hydrogen) atoms. The Labute approximate surface area is 127 Å². The lowest BCUT2D eigenvalue weighted by molar-refractivity contribution is 0.0951. The van der Waals surface area contributed by atoms with E-state index in [1.807, 2.05) is 24.4 Å². The zero-order valence-electron chi connectivity index (χ0n) is 12.1. The second-order valence-corrected chi connectivity index (χ2v) is 5.59. The van der Waals surface area contributed by atoms with Gasteiger partial charge in [0.2, 0.25) is 0 Å². The van der Waals surface area contributed by atoms with E-state index in [-0.39, 0.29) is 5.91 Å². The molecule has 1 aromatic carbocycles. The van der Waals surface area contributed by atoms with Crippen LogP contribution in [-0.2, 0) is 6.54 Å². The molecule has 3 aromatic rings. The number of aryl methyl sites for hydroxylation is 1. The summed E-state index contributed by atoms with van der Waals surface area (Å²) in [7, 11) is 0. The van der Waals surface area contributed by atoms with Crippen LogP contribution in [0.4, 0.5) is 0 Å². The van der Waals surface area contributed by atoms with Crippen molar-refractivity contribution in [2.75, 3.05) is 6.54 Å². The number of hydrogen-bond donors (Lipinski definition) is 1. The molecule has 4 nitrogen and oxygen atoms in total. The standard InChI is InChI=1S/C16H17N3OS/c1-3-17-15(20)12-10-21-16(18-12)14-9-11-7-5-6-8-13(11)19(14)4-2/h5-10H,3-4H2,1-2H3,(H,17,20). The number of rotatable bonds is 4. The maximum Gasteiger partial charge on any atom is 0.270 e. The Balaban J connectivity index is 2.06. The fourth-order valence-electron chi connectivity index (χ4n) is 2.48. The quantitative estimate of drug-likeness (QED) is 0.801. The molecule has 0 saturated heterocycles. The zero-order chi connectivity index (χ0) is 14.8. The number of para-hydroxylation sites is 1. The van der Waals surface area contributed by atoms with E-state index in [0.717, 1.165) is 17.2 Å². The van der Waals surface area contributed by atoms with Crippen molar-refractivity contribution >= 4 is 28.1 Å². The van der Waals surface area contributed by atoms with Crippen molar-refractivity contribution in [2.24, 2.45) is 0 Å². The van der Waals surface area contributed by atoms with E-state index in [2.05, 4.69) is 40.0 Å². The van der Waals surface area contributed by atoms with Gasteiger partial charge in [0.15, 0.2) is 0 Å². The zero-order valence-corrected chi connectivity index (χ0v) is 12.9. The summed E-state index contributed by atoms with van der Waals surface area (Å²) in [5.74, 6) is -0.112. The van der Waals surface area contributed by atoms with Gasteiger partial charge >= 0.3 is 0 Å². The monoisotopic (exact) mass is 299 g/mol. The first-order valence-electron chi connectivity index (χ1n) is 7.07. The average Bonchev–Trinajstić information content (AvgIpc) is 3.11. The summed E-state index contributed by atoms with van der Waals surface area (Å²) in [6, 6.07) is 10.4. The molecule has 0 aliphatic rings.